The molecule has 0 heterocycles. The Morgan fingerprint density at radius 1 is 1.33 bits per heavy atom. The van der Waals surface area contributed by atoms with Crippen molar-refractivity contribution in [3.63, 3.8) is 0 Å². The van der Waals surface area contributed by atoms with Gasteiger partial charge in [0.2, 0.25) is 0 Å². The number of hydrogen-bond donors (Lipinski definition) is 2. The van der Waals surface area contributed by atoms with Crippen LogP contribution in [0.1, 0.15) is 28.4 Å². The first kappa shape index (κ1) is 12.4. The summed E-state index contributed by atoms with van der Waals surface area (Å²) in [4.78, 5) is 0. The fourth-order valence-electron chi connectivity index (χ4n) is 1.84. The molecule has 1 aromatic rings. The van der Waals surface area contributed by atoms with Crippen molar-refractivity contribution < 1.29 is 9.84 Å². The van der Waals surface area contributed by atoms with Crippen LogP contribution in [0.15, 0.2) is 6.07 Å². The molecule has 0 aliphatic heterocycles. The molecule has 0 saturated carbocycles. The summed E-state index contributed by atoms with van der Waals surface area (Å²) in [5.74, 6) is 1.19. The van der Waals surface area contributed by atoms with Gasteiger partial charge in [-0.2, -0.15) is 12.6 Å². The number of rotatable bonds is 3. The highest BCUT2D eigenvalue weighted by molar-refractivity contribution is 7.80. The zero-order chi connectivity index (χ0) is 11.6. The van der Waals surface area contributed by atoms with Crippen molar-refractivity contribution >= 4 is 12.6 Å². The molecular formula is C12H18O2S. The Bertz CT molecular complexity index is 361. The molecule has 0 aromatic heterocycles. The van der Waals surface area contributed by atoms with Gasteiger partial charge in [0, 0.05) is 11.3 Å². The SMILES string of the molecule is COc1c(C)c(C)cc(C)c1C(O)CS. The van der Waals surface area contributed by atoms with Crippen LogP contribution in [0.5, 0.6) is 5.75 Å². The second-order valence-electron chi connectivity index (χ2n) is 3.78. The van der Waals surface area contributed by atoms with Crippen LogP contribution < -0.4 is 4.74 Å². The second kappa shape index (κ2) is 4.90. The highest BCUT2D eigenvalue weighted by Gasteiger charge is 2.17. The molecule has 1 rings (SSSR count). The molecule has 1 unspecified atom stereocenters. The molecule has 15 heavy (non-hydrogen) atoms. The van der Waals surface area contributed by atoms with Crippen LogP contribution in [0.4, 0.5) is 0 Å². The van der Waals surface area contributed by atoms with E-state index in [2.05, 4.69) is 18.7 Å². The van der Waals surface area contributed by atoms with E-state index in [1.54, 1.807) is 7.11 Å². The summed E-state index contributed by atoms with van der Waals surface area (Å²) in [6, 6.07) is 2.07. The van der Waals surface area contributed by atoms with Crippen molar-refractivity contribution in [1.29, 1.82) is 0 Å². The molecule has 1 N–H and O–H groups in total. The van der Waals surface area contributed by atoms with Crippen LogP contribution in [-0.4, -0.2) is 18.0 Å². The molecule has 0 radical (unpaired) electrons. The van der Waals surface area contributed by atoms with Gasteiger partial charge in [0.1, 0.15) is 5.75 Å². The topological polar surface area (TPSA) is 29.5 Å². The predicted molar refractivity (Wildman–Crippen MR) is 66.0 cm³/mol. The largest absolute Gasteiger partial charge is 0.496 e. The van der Waals surface area contributed by atoms with Crippen LogP contribution in [-0.2, 0) is 0 Å². The zero-order valence-corrected chi connectivity index (χ0v) is 10.6. The maximum atomic E-state index is 9.88. The molecule has 0 saturated heterocycles. The first-order valence-electron chi connectivity index (χ1n) is 4.96. The van der Waals surface area contributed by atoms with Crippen molar-refractivity contribution in [2.75, 3.05) is 12.9 Å². The van der Waals surface area contributed by atoms with Crippen molar-refractivity contribution in [1.82, 2.24) is 0 Å². The monoisotopic (exact) mass is 226 g/mol. The third-order valence-electron chi connectivity index (χ3n) is 2.74. The number of aliphatic hydroxyl groups excluding tert-OH is 1. The lowest BCUT2D eigenvalue weighted by Crippen LogP contribution is -2.07. The summed E-state index contributed by atoms with van der Waals surface area (Å²) < 4.78 is 5.37. The number of thiol groups is 1. The average molecular weight is 226 g/mol. The van der Waals surface area contributed by atoms with E-state index in [0.29, 0.717) is 5.75 Å². The molecule has 0 aliphatic rings. The standard InChI is InChI=1S/C12H18O2S/c1-7-5-8(2)11(10(13)6-15)12(14-4)9(7)3/h5,10,13,15H,6H2,1-4H3. The van der Waals surface area contributed by atoms with E-state index in [-0.39, 0.29) is 0 Å². The Labute approximate surface area is 96.7 Å². The first-order valence-corrected chi connectivity index (χ1v) is 5.59. The van der Waals surface area contributed by atoms with Gasteiger partial charge in [0.05, 0.1) is 13.2 Å². The second-order valence-corrected chi connectivity index (χ2v) is 4.15. The molecular weight excluding hydrogens is 208 g/mol. The summed E-state index contributed by atoms with van der Waals surface area (Å²) in [5, 5.41) is 9.88. The zero-order valence-electron chi connectivity index (χ0n) is 9.66. The Morgan fingerprint density at radius 2 is 1.93 bits per heavy atom. The minimum absolute atomic E-state index is 0.402. The molecule has 84 valence electrons. The number of aliphatic hydroxyl groups is 1. The third kappa shape index (κ3) is 2.29. The van der Waals surface area contributed by atoms with Gasteiger partial charge in [-0.15, -0.1) is 0 Å². The van der Waals surface area contributed by atoms with Crippen LogP contribution in [0, 0.1) is 20.8 Å². The van der Waals surface area contributed by atoms with E-state index < -0.39 is 6.10 Å². The van der Waals surface area contributed by atoms with E-state index in [1.807, 2.05) is 20.8 Å². The van der Waals surface area contributed by atoms with Crippen molar-refractivity contribution in [3.8, 4) is 5.75 Å². The first-order chi connectivity index (χ1) is 7.02. The Morgan fingerprint density at radius 3 is 2.40 bits per heavy atom. The maximum Gasteiger partial charge on any atom is 0.128 e. The Balaban J connectivity index is 3.41. The van der Waals surface area contributed by atoms with Crippen LogP contribution in [0.3, 0.4) is 0 Å². The number of methoxy groups -OCH3 is 1. The quantitative estimate of drug-likeness (QED) is 0.776. The molecule has 3 heteroatoms. The minimum atomic E-state index is -0.567. The Hall–Kier alpha value is -0.670. The molecule has 1 atom stereocenters. The van der Waals surface area contributed by atoms with Crippen LogP contribution in [0.25, 0.3) is 0 Å². The van der Waals surface area contributed by atoms with Gasteiger partial charge in [-0.05, 0) is 37.5 Å². The summed E-state index contributed by atoms with van der Waals surface area (Å²) in [7, 11) is 1.63. The summed E-state index contributed by atoms with van der Waals surface area (Å²) in [6.07, 6.45) is -0.567. The molecule has 0 fully saturated rings. The van der Waals surface area contributed by atoms with Gasteiger partial charge < -0.3 is 9.84 Å². The highest BCUT2D eigenvalue weighted by Crippen LogP contribution is 2.34. The number of aryl methyl sites for hydroxylation is 2. The molecule has 0 spiro atoms. The minimum Gasteiger partial charge on any atom is -0.496 e. The lowest BCUT2D eigenvalue weighted by molar-refractivity contribution is 0.198. The van der Waals surface area contributed by atoms with E-state index in [1.165, 1.54) is 5.56 Å². The fourth-order valence-corrected chi connectivity index (χ4v) is 2.02. The fraction of sp³-hybridized carbons (Fsp3) is 0.500. The van der Waals surface area contributed by atoms with Crippen LogP contribution >= 0.6 is 12.6 Å². The Kier molecular flexibility index (Phi) is 4.05. The van der Waals surface area contributed by atoms with Gasteiger partial charge >= 0.3 is 0 Å². The van der Waals surface area contributed by atoms with Gasteiger partial charge in [0.15, 0.2) is 0 Å². The lowest BCUT2D eigenvalue weighted by atomic mass is 9.96. The summed E-state index contributed by atoms with van der Waals surface area (Å²) in [6.45, 7) is 6.03. The summed E-state index contributed by atoms with van der Waals surface area (Å²) in [5.41, 5.74) is 4.17. The molecule has 0 bridgehead atoms. The van der Waals surface area contributed by atoms with E-state index in [4.69, 9.17) is 4.74 Å². The predicted octanol–water partition coefficient (Wildman–Crippen LogP) is 2.58. The average Bonchev–Trinajstić information content (AvgIpc) is 2.21. The number of hydrogen-bond acceptors (Lipinski definition) is 3. The molecule has 0 amide bonds. The highest BCUT2D eigenvalue weighted by atomic mass is 32.1. The summed E-state index contributed by atoms with van der Waals surface area (Å²) >= 11 is 4.11. The maximum absolute atomic E-state index is 9.88. The van der Waals surface area contributed by atoms with Crippen molar-refractivity contribution in [3.05, 3.63) is 28.3 Å². The van der Waals surface area contributed by atoms with Gasteiger partial charge in [0.25, 0.3) is 0 Å². The third-order valence-corrected chi connectivity index (χ3v) is 3.09. The van der Waals surface area contributed by atoms with Crippen molar-refractivity contribution in [2.45, 2.75) is 26.9 Å². The van der Waals surface area contributed by atoms with Gasteiger partial charge in [-0.3, -0.25) is 0 Å². The van der Waals surface area contributed by atoms with E-state index in [0.717, 1.165) is 22.4 Å². The van der Waals surface area contributed by atoms with E-state index in [9.17, 15) is 5.11 Å². The molecule has 0 aliphatic carbocycles. The van der Waals surface area contributed by atoms with Gasteiger partial charge in [-0.25, -0.2) is 0 Å². The molecule has 2 nitrogen and oxygen atoms in total. The normalized spacial score (nSPS) is 12.7. The van der Waals surface area contributed by atoms with Crippen LogP contribution in [0.2, 0.25) is 0 Å². The van der Waals surface area contributed by atoms with Gasteiger partial charge in [-0.1, -0.05) is 6.07 Å². The van der Waals surface area contributed by atoms with Crippen molar-refractivity contribution in [2.24, 2.45) is 0 Å². The van der Waals surface area contributed by atoms with E-state index >= 15 is 0 Å². The smallest absolute Gasteiger partial charge is 0.128 e. The number of ether oxygens (including phenoxy) is 1. The lowest BCUT2D eigenvalue weighted by Gasteiger charge is -2.19. The number of benzene rings is 1. The molecule has 1 aromatic carbocycles.